The highest BCUT2D eigenvalue weighted by Crippen LogP contribution is 2.37. The van der Waals surface area contributed by atoms with E-state index in [-0.39, 0.29) is 17.9 Å². The molecule has 3 heterocycles. The Morgan fingerprint density at radius 3 is 2.96 bits per heavy atom. The van der Waals surface area contributed by atoms with Crippen LogP contribution in [0.25, 0.3) is 0 Å². The van der Waals surface area contributed by atoms with Gasteiger partial charge in [0.15, 0.2) is 0 Å². The molecule has 1 N–H and O–H groups in total. The summed E-state index contributed by atoms with van der Waals surface area (Å²) in [5.41, 5.74) is 2.43. The summed E-state index contributed by atoms with van der Waals surface area (Å²) in [4.78, 5) is 15.9. The first-order valence-electron chi connectivity index (χ1n) is 8.60. The molecule has 0 unspecified atom stereocenters. The van der Waals surface area contributed by atoms with Crippen molar-refractivity contribution in [3.63, 3.8) is 0 Å². The lowest BCUT2D eigenvalue weighted by Gasteiger charge is -2.27. The third kappa shape index (κ3) is 4.11. The first kappa shape index (κ1) is 18.1. The standard InChI is InChI=1S/C18H26N4O2S/c1-13-4-7-25-16(13)11-19-9-14-8-17(23)22(5-6-24-3)18(14)15-10-20-21(2)12-15/h4,7,10,12,14,18-19H,5-6,8-9,11H2,1-3H3/t14-,18+/m0/s1. The third-order valence-electron chi connectivity index (χ3n) is 4.80. The zero-order chi connectivity index (χ0) is 17.8. The van der Waals surface area contributed by atoms with E-state index in [0.29, 0.717) is 19.6 Å². The Hall–Kier alpha value is -1.70. The molecule has 0 saturated carbocycles. The van der Waals surface area contributed by atoms with E-state index in [1.165, 1.54) is 10.4 Å². The number of amides is 1. The number of aryl methyl sites for hydroxylation is 2. The number of hydrogen-bond acceptors (Lipinski definition) is 5. The number of hydrogen-bond donors (Lipinski definition) is 1. The van der Waals surface area contributed by atoms with Crippen molar-refractivity contribution in [3.05, 3.63) is 39.8 Å². The van der Waals surface area contributed by atoms with Crippen LogP contribution in [0.1, 0.15) is 28.5 Å². The van der Waals surface area contributed by atoms with E-state index in [1.807, 2.05) is 24.3 Å². The lowest BCUT2D eigenvalue weighted by Crippen LogP contribution is -2.33. The van der Waals surface area contributed by atoms with Crippen LogP contribution in [0.4, 0.5) is 0 Å². The third-order valence-corrected chi connectivity index (χ3v) is 5.83. The van der Waals surface area contributed by atoms with Crippen molar-refractivity contribution in [2.45, 2.75) is 25.9 Å². The molecule has 2 atom stereocenters. The highest BCUT2D eigenvalue weighted by atomic mass is 32.1. The van der Waals surface area contributed by atoms with Gasteiger partial charge in [0, 0.05) is 62.8 Å². The van der Waals surface area contributed by atoms with Crippen LogP contribution in [-0.4, -0.2) is 47.4 Å². The van der Waals surface area contributed by atoms with Gasteiger partial charge in [-0.25, -0.2) is 0 Å². The summed E-state index contributed by atoms with van der Waals surface area (Å²) in [6.45, 7) is 4.97. The van der Waals surface area contributed by atoms with Crippen LogP contribution in [0.3, 0.4) is 0 Å². The number of carbonyl (C=O) groups excluding carboxylic acids is 1. The molecule has 1 fully saturated rings. The predicted octanol–water partition coefficient (Wildman–Crippen LogP) is 2.12. The Bertz CT molecular complexity index is 712. The maximum atomic E-state index is 12.5. The van der Waals surface area contributed by atoms with Gasteiger partial charge in [-0.3, -0.25) is 9.48 Å². The Kier molecular flexibility index (Phi) is 5.88. The Morgan fingerprint density at radius 1 is 1.48 bits per heavy atom. The SMILES string of the molecule is COCCN1C(=O)C[C@@H](CNCc2sccc2C)[C@@H]1c1cnn(C)c1. The molecule has 1 aliphatic rings. The molecule has 136 valence electrons. The summed E-state index contributed by atoms with van der Waals surface area (Å²) < 4.78 is 6.99. The Balaban J connectivity index is 1.69. The lowest BCUT2D eigenvalue weighted by atomic mass is 9.95. The first-order valence-corrected chi connectivity index (χ1v) is 9.48. The van der Waals surface area contributed by atoms with Crippen LogP contribution in [0.2, 0.25) is 0 Å². The number of nitrogens with one attached hydrogen (secondary N) is 1. The minimum absolute atomic E-state index is 0.0632. The zero-order valence-electron chi connectivity index (χ0n) is 15.1. The van der Waals surface area contributed by atoms with Gasteiger partial charge in [-0.2, -0.15) is 5.10 Å². The molecule has 1 amide bonds. The molecule has 1 saturated heterocycles. The molecule has 2 aromatic rings. The summed E-state index contributed by atoms with van der Waals surface area (Å²) in [6, 6.07) is 2.21. The normalized spacial score (nSPS) is 20.6. The van der Waals surface area contributed by atoms with Crippen LogP contribution in [-0.2, 0) is 23.1 Å². The van der Waals surface area contributed by atoms with Gasteiger partial charge in [-0.05, 0) is 23.9 Å². The number of rotatable bonds is 8. The predicted molar refractivity (Wildman–Crippen MR) is 98.4 cm³/mol. The fraction of sp³-hybridized carbons (Fsp3) is 0.556. The number of methoxy groups -OCH3 is 1. The number of thiophene rings is 1. The summed E-state index contributed by atoms with van der Waals surface area (Å²) in [5, 5.41) is 9.97. The number of ether oxygens (including phenoxy) is 1. The molecular formula is C18H26N4O2S. The molecule has 0 spiro atoms. The fourth-order valence-corrected chi connectivity index (χ4v) is 4.38. The number of likely N-dealkylation sites (tertiary alicyclic amines) is 1. The highest BCUT2D eigenvalue weighted by Gasteiger charge is 2.40. The molecule has 2 aromatic heterocycles. The second-order valence-corrected chi connectivity index (χ2v) is 7.59. The van der Waals surface area contributed by atoms with Gasteiger partial charge in [0.2, 0.25) is 5.91 Å². The number of nitrogens with zero attached hydrogens (tertiary/aromatic N) is 3. The summed E-state index contributed by atoms with van der Waals surface area (Å²) >= 11 is 1.78. The second kappa shape index (κ2) is 8.12. The average Bonchev–Trinajstić information content (AvgIpc) is 3.26. The highest BCUT2D eigenvalue weighted by molar-refractivity contribution is 7.10. The van der Waals surface area contributed by atoms with Gasteiger partial charge in [-0.15, -0.1) is 11.3 Å². The molecule has 6 nitrogen and oxygen atoms in total. The van der Waals surface area contributed by atoms with Gasteiger partial charge in [0.1, 0.15) is 0 Å². The molecule has 0 aliphatic carbocycles. The molecule has 25 heavy (non-hydrogen) atoms. The topological polar surface area (TPSA) is 59.4 Å². The lowest BCUT2D eigenvalue weighted by molar-refractivity contribution is -0.129. The number of carbonyl (C=O) groups is 1. The van der Waals surface area contributed by atoms with E-state index >= 15 is 0 Å². The average molecular weight is 362 g/mol. The van der Waals surface area contributed by atoms with Crippen molar-refractivity contribution in [2.75, 3.05) is 26.8 Å². The van der Waals surface area contributed by atoms with Crippen molar-refractivity contribution in [1.29, 1.82) is 0 Å². The van der Waals surface area contributed by atoms with Gasteiger partial charge >= 0.3 is 0 Å². The van der Waals surface area contributed by atoms with E-state index < -0.39 is 0 Å². The van der Waals surface area contributed by atoms with Gasteiger partial charge < -0.3 is 15.0 Å². The van der Waals surface area contributed by atoms with E-state index in [0.717, 1.165) is 18.7 Å². The van der Waals surface area contributed by atoms with Gasteiger partial charge in [0.05, 0.1) is 18.8 Å². The van der Waals surface area contributed by atoms with E-state index in [9.17, 15) is 4.79 Å². The van der Waals surface area contributed by atoms with E-state index in [2.05, 4.69) is 28.8 Å². The minimum atomic E-state index is 0.0632. The van der Waals surface area contributed by atoms with E-state index in [1.54, 1.807) is 23.1 Å². The van der Waals surface area contributed by atoms with Crippen LogP contribution in [0.15, 0.2) is 23.8 Å². The van der Waals surface area contributed by atoms with Crippen LogP contribution in [0, 0.1) is 12.8 Å². The molecule has 7 heteroatoms. The first-order chi connectivity index (χ1) is 12.1. The van der Waals surface area contributed by atoms with Crippen molar-refractivity contribution < 1.29 is 9.53 Å². The summed E-state index contributed by atoms with van der Waals surface area (Å²) in [5.74, 6) is 0.443. The Labute approximate surface area is 152 Å². The smallest absolute Gasteiger partial charge is 0.223 e. The molecule has 0 aromatic carbocycles. The fourth-order valence-electron chi connectivity index (χ4n) is 3.50. The van der Waals surface area contributed by atoms with Crippen molar-refractivity contribution >= 4 is 17.2 Å². The summed E-state index contributed by atoms with van der Waals surface area (Å²) in [7, 11) is 3.58. The van der Waals surface area contributed by atoms with Crippen molar-refractivity contribution in [1.82, 2.24) is 20.0 Å². The van der Waals surface area contributed by atoms with Crippen LogP contribution in [0.5, 0.6) is 0 Å². The monoisotopic (exact) mass is 362 g/mol. The molecule has 0 bridgehead atoms. The maximum absolute atomic E-state index is 12.5. The summed E-state index contributed by atoms with van der Waals surface area (Å²) in [6.07, 6.45) is 4.46. The van der Waals surface area contributed by atoms with Gasteiger partial charge in [-0.1, -0.05) is 0 Å². The second-order valence-electron chi connectivity index (χ2n) is 6.59. The quantitative estimate of drug-likeness (QED) is 0.781. The van der Waals surface area contributed by atoms with Crippen LogP contribution < -0.4 is 5.32 Å². The largest absolute Gasteiger partial charge is 0.383 e. The molecule has 0 radical (unpaired) electrons. The molecule has 3 rings (SSSR count). The van der Waals surface area contributed by atoms with Crippen molar-refractivity contribution in [2.24, 2.45) is 13.0 Å². The molecular weight excluding hydrogens is 336 g/mol. The van der Waals surface area contributed by atoms with E-state index in [4.69, 9.17) is 4.74 Å². The van der Waals surface area contributed by atoms with Crippen molar-refractivity contribution in [3.8, 4) is 0 Å². The Morgan fingerprint density at radius 2 is 2.32 bits per heavy atom. The van der Waals surface area contributed by atoms with Gasteiger partial charge in [0.25, 0.3) is 0 Å². The minimum Gasteiger partial charge on any atom is -0.383 e. The van der Waals surface area contributed by atoms with Crippen LogP contribution >= 0.6 is 11.3 Å². The molecule has 1 aliphatic heterocycles. The maximum Gasteiger partial charge on any atom is 0.223 e. The number of aromatic nitrogens is 2. The zero-order valence-corrected chi connectivity index (χ0v) is 15.9.